The fourth-order valence-corrected chi connectivity index (χ4v) is 0.683. The third-order valence-electron chi connectivity index (χ3n) is 1.11. The molecule has 0 aromatic rings. The van der Waals surface area contributed by atoms with Gasteiger partial charge in [-0.15, -0.1) is 0 Å². The molecular formula is C7H15NO3. The van der Waals surface area contributed by atoms with Gasteiger partial charge in [0.05, 0.1) is 12.1 Å². The molecule has 66 valence electrons. The summed E-state index contributed by atoms with van der Waals surface area (Å²) >= 11 is 0. The minimum absolute atomic E-state index is 0.399. The normalized spacial score (nSPS) is 11.2. The molecule has 0 unspecified atom stereocenters. The lowest BCUT2D eigenvalue weighted by molar-refractivity contribution is 0.0893. The van der Waals surface area contributed by atoms with Crippen molar-refractivity contribution in [3.05, 3.63) is 0 Å². The molecule has 0 spiro atoms. The van der Waals surface area contributed by atoms with Gasteiger partial charge < -0.3 is 15.2 Å². The maximum absolute atomic E-state index is 10.2. The van der Waals surface area contributed by atoms with E-state index in [1.807, 2.05) is 6.92 Å². The summed E-state index contributed by atoms with van der Waals surface area (Å²) < 4.78 is 5.07. The van der Waals surface area contributed by atoms with Crippen LogP contribution >= 0.6 is 0 Å². The summed E-state index contributed by atoms with van der Waals surface area (Å²) in [6.07, 6.45) is -1.02. The summed E-state index contributed by atoms with van der Waals surface area (Å²) in [6.45, 7) is 6.42. The number of hydrogen-bond acceptors (Lipinski definition) is 2. The van der Waals surface area contributed by atoms with Gasteiger partial charge in [0.15, 0.2) is 0 Å². The van der Waals surface area contributed by atoms with Crippen LogP contribution < -0.4 is 5.32 Å². The molecule has 0 aliphatic rings. The van der Waals surface area contributed by atoms with Crippen LogP contribution in [0.4, 0.5) is 4.79 Å². The van der Waals surface area contributed by atoms with Crippen LogP contribution in [0.15, 0.2) is 0 Å². The SMILES string of the molecule is CCOCC(C)(C)NC(=O)O. The van der Waals surface area contributed by atoms with E-state index in [4.69, 9.17) is 9.84 Å². The second-order valence-corrected chi connectivity index (χ2v) is 2.95. The van der Waals surface area contributed by atoms with E-state index in [0.717, 1.165) is 0 Å². The minimum Gasteiger partial charge on any atom is -0.465 e. The highest BCUT2D eigenvalue weighted by Crippen LogP contribution is 2.01. The number of ether oxygens (including phenoxy) is 1. The quantitative estimate of drug-likeness (QED) is 0.648. The zero-order chi connectivity index (χ0) is 8.91. The Bertz CT molecular complexity index is 134. The Morgan fingerprint density at radius 2 is 2.18 bits per heavy atom. The first-order valence-electron chi connectivity index (χ1n) is 3.57. The second kappa shape index (κ2) is 4.18. The Balaban J connectivity index is 3.70. The Kier molecular flexibility index (Phi) is 3.89. The molecule has 0 saturated heterocycles. The first kappa shape index (κ1) is 10.2. The fraction of sp³-hybridized carbons (Fsp3) is 0.857. The molecule has 1 amide bonds. The lowest BCUT2D eigenvalue weighted by Gasteiger charge is -2.23. The lowest BCUT2D eigenvalue weighted by Crippen LogP contribution is -2.46. The summed E-state index contributed by atoms with van der Waals surface area (Å²) in [5, 5.41) is 10.7. The second-order valence-electron chi connectivity index (χ2n) is 2.95. The number of rotatable bonds is 4. The zero-order valence-electron chi connectivity index (χ0n) is 7.18. The van der Waals surface area contributed by atoms with Crippen molar-refractivity contribution in [2.24, 2.45) is 0 Å². The van der Waals surface area contributed by atoms with Crippen LogP contribution in [0.1, 0.15) is 20.8 Å². The predicted molar refractivity (Wildman–Crippen MR) is 41.7 cm³/mol. The number of hydrogen-bond donors (Lipinski definition) is 2. The Morgan fingerprint density at radius 1 is 1.64 bits per heavy atom. The minimum atomic E-state index is -1.02. The molecule has 0 aromatic carbocycles. The third kappa shape index (κ3) is 5.66. The van der Waals surface area contributed by atoms with Gasteiger partial charge in [-0.05, 0) is 20.8 Å². The van der Waals surface area contributed by atoms with Crippen LogP contribution in [-0.4, -0.2) is 30.0 Å². The van der Waals surface area contributed by atoms with Crippen LogP contribution in [0.3, 0.4) is 0 Å². The van der Waals surface area contributed by atoms with E-state index in [-0.39, 0.29) is 0 Å². The summed E-state index contributed by atoms with van der Waals surface area (Å²) in [4.78, 5) is 10.2. The standard InChI is InChI=1S/C7H15NO3/c1-4-11-5-7(2,3)8-6(9)10/h8H,4-5H2,1-3H3,(H,9,10). The van der Waals surface area contributed by atoms with Crippen molar-refractivity contribution in [2.45, 2.75) is 26.3 Å². The lowest BCUT2D eigenvalue weighted by atomic mass is 10.1. The van der Waals surface area contributed by atoms with Gasteiger partial charge in [0, 0.05) is 6.61 Å². The van der Waals surface area contributed by atoms with E-state index in [1.54, 1.807) is 13.8 Å². The van der Waals surface area contributed by atoms with E-state index >= 15 is 0 Å². The molecule has 0 heterocycles. The number of carbonyl (C=O) groups is 1. The molecule has 0 fully saturated rings. The molecule has 4 heteroatoms. The Hall–Kier alpha value is -0.770. The molecule has 2 N–H and O–H groups in total. The first-order valence-corrected chi connectivity index (χ1v) is 3.57. The van der Waals surface area contributed by atoms with Gasteiger partial charge in [-0.1, -0.05) is 0 Å². The highest BCUT2D eigenvalue weighted by molar-refractivity contribution is 5.65. The molecule has 0 radical (unpaired) electrons. The van der Waals surface area contributed by atoms with Crippen molar-refractivity contribution in [3.8, 4) is 0 Å². The predicted octanol–water partition coefficient (Wildman–Crippen LogP) is 1.07. The smallest absolute Gasteiger partial charge is 0.405 e. The topological polar surface area (TPSA) is 58.6 Å². The van der Waals surface area contributed by atoms with Crippen LogP contribution in [0.5, 0.6) is 0 Å². The summed E-state index contributed by atoms with van der Waals surface area (Å²) in [6, 6.07) is 0. The molecule has 0 aliphatic heterocycles. The van der Waals surface area contributed by atoms with E-state index in [2.05, 4.69) is 5.32 Å². The van der Waals surface area contributed by atoms with Crippen molar-refractivity contribution in [3.63, 3.8) is 0 Å². The highest BCUT2D eigenvalue weighted by Gasteiger charge is 2.19. The van der Waals surface area contributed by atoms with Gasteiger partial charge in [0.1, 0.15) is 0 Å². The highest BCUT2D eigenvalue weighted by atomic mass is 16.5. The van der Waals surface area contributed by atoms with Crippen LogP contribution in [0.25, 0.3) is 0 Å². The van der Waals surface area contributed by atoms with Crippen LogP contribution in [0, 0.1) is 0 Å². The monoisotopic (exact) mass is 161 g/mol. The van der Waals surface area contributed by atoms with Crippen molar-refractivity contribution in [1.29, 1.82) is 0 Å². The van der Waals surface area contributed by atoms with Gasteiger partial charge in [0.2, 0.25) is 0 Å². The average Bonchev–Trinajstić information content (AvgIpc) is 1.81. The maximum Gasteiger partial charge on any atom is 0.405 e. The molecule has 11 heavy (non-hydrogen) atoms. The van der Waals surface area contributed by atoms with Gasteiger partial charge >= 0.3 is 6.09 Å². The average molecular weight is 161 g/mol. The Labute approximate surface area is 66.5 Å². The van der Waals surface area contributed by atoms with Gasteiger partial charge in [-0.3, -0.25) is 0 Å². The van der Waals surface area contributed by atoms with E-state index in [9.17, 15) is 4.79 Å². The Morgan fingerprint density at radius 3 is 2.55 bits per heavy atom. The zero-order valence-corrected chi connectivity index (χ0v) is 7.18. The molecule has 0 atom stereocenters. The molecule has 0 rings (SSSR count). The summed E-state index contributed by atoms with van der Waals surface area (Å²) in [5.74, 6) is 0. The summed E-state index contributed by atoms with van der Waals surface area (Å²) in [5.41, 5.74) is -0.498. The van der Waals surface area contributed by atoms with Gasteiger partial charge in [-0.2, -0.15) is 0 Å². The van der Waals surface area contributed by atoms with Crippen LogP contribution in [-0.2, 0) is 4.74 Å². The van der Waals surface area contributed by atoms with Crippen molar-refractivity contribution in [1.82, 2.24) is 5.32 Å². The molecule has 0 aliphatic carbocycles. The maximum atomic E-state index is 10.2. The molecule has 4 nitrogen and oxygen atoms in total. The molecular weight excluding hydrogens is 146 g/mol. The van der Waals surface area contributed by atoms with Crippen molar-refractivity contribution < 1.29 is 14.6 Å². The summed E-state index contributed by atoms with van der Waals surface area (Å²) in [7, 11) is 0. The molecule has 0 aromatic heterocycles. The van der Waals surface area contributed by atoms with E-state index in [1.165, 1.54) is 0 Å². The third-order valence-corrected chi connectivity index (χ3v) is 1.11. The van der Waals surface area contributed by atoms with Gasteiger partial charge in [-0.25, -0.2) is 4.79 Å². The van der Waals surface area contributed by atoms with Crippen molar-refractivity contribution >= 4 is 6.09 Å². The van der Waals surface area contributed by atoms with E-state index < -0.39 is 11.6 Å². The van der Waals surface area contributed by atoms with Crippen LogP contribution in [0.2, 0.25) is 0 Å². The van der Waals surface area contributed by atoms with Crippen molar-refractivity contribution in [2.75, 3.05) is 13.2 Å². The molecule has 0 bridgehead atoms. The number of carboxylic acid groups (broad SMARTS) is 1. The van der Waals surface area contributed by atoms with Gasteiger partial charge in [0.25, 0.3) is 0 Å². The molecule has 0 saturated carbocycles. The number of amides is 1. The van der Waals surface area contributed by atoms with E-state index in [0.29, 0.717) is 13.2 Å². The largest absolute Gasteiger partial charge is 0.465 e. The first-order chi connectivity index (χ1) is 4.98. The number of nitrogens with one attached hydrogen (secondary N) is 1. The fourth-order valence-electron chi connectivity index (χ4n) is 0.683.